The fourth-order valence-electron chi connectivity index (χ4n) is 3.85. The van der Waals surface area contributed by atoms with Gasteiger partial charge in [0.15, 0.2) is 11.5 Å². The van der Waals surface area contributed by atoms with Gasteiger partial charge in [0.2, 0.25) is 18.6 Å². The zero-order chi connectivity index (χ0) is 21.1. The zero-order valence-electron chi connectivity index (χ0n) is 17.4. The number of carbonyl (C=O) groups is 2. The van der Waals surface area contributed by atoms with Crippen LogP contribution in [0.15, 0.2) is 36.4 Å². The van der Waals surface area contributed by atoms with Gasteiger partial charge in [-0.15, -0.1) is 0 Å². The average Bonchev–Trinajstić information content (AvgIpc) is 3.20. The van der Waals surface area contributed by atoms with E-state index in [4.69, 9.17) is 9.47 Å². The highest BCUT2D eigenvalue weighted by atomic mass is 16.7. The third-order valence-electron chi connectivity index (χ3n) is 5.84. The van der Waals surface area contributed by atoms with Crippen molar-refractivity contribution in [3.8, 4) is 11.5 Å². The van der Waals surface area contributed by atoms with Crippen molar-refractivity contribution in [1.29, 1.82) is 0 Å². The summed E-state index contributed by atoms with van der Waals surface area (Å²) in [5.41, 5.74) is 3.81. The van der Waals surface area contributed by atoms with E-state index in [9.17, 15) is 9.59 Å². The number of piperidine rings is 1. The predicted molar refractivity (Wildman–Crippen MR) is 115 cm³/mol. The van der Waals surface area contributed by atoms with Gasteiger partial charge in [-0.3, -0.25) is 14.5 Å². The van der Waals surface area contributed by atoms with E-state index in [-0.39, 0.29) is 24.5 Å². The van der Waals surface area contributed by atoms with Crippen LogP contribution in [0.25, 0.3) is 0 Å². The molecule has 0 aromatic heterocycles. The SMILES string of the molecule is Cc1cccc(NC(=O)CN2CCC(C(=O)Nc3ccc4c(c3)OCO4)CC2)c1C. The molecule has 2 N–H and O–H groups in total. The molecule has 0 bridgehead atoms. The number of likely N-dealkylation sites (tertiary alicyclic amines) is 1. The number of ether oxygens (including phenoxy) is 2. The summed E-state index contributed by atoms with van der Waals surface area (Å²) in [6.45, 7) is 6.03. The van der Waals surface area contributed by atoms with Crippen molar-refractivity contribution in [2.24, 2.45) is 5.92 Å². The quantitative estimate of drug-likeness (QED) is 0.792. The minimum absolute atomic E-state index is 0.00773. The van der Waals surface area contributed by atoms with Crippen LogP contribution in [0.3, 0.4) is 0 Å². The molecule has 2 heterocycles. The highest BCUT2D eigenvalue weighted by molar-refractivity contribution is 5.94. The standard InChI is InChI=1S/C23H27N3O4/c1-15-4-3-5-19(16(15)2)25-22(27)13-26-10-8-17(9-11-26)23(28)24-18-6-7-20-21(12-18)30-14-29-20/h3-7,12,17H,8-11,13-14H2,1-2H3,(H,24,28)(H,25,27). The van der Waals surface area contributed by atoms with E-state index in [0.29, 0.717) is 23.7 Å². The van der Waals surface area contributed by atoms with E-state index in [1.807, 2.05) is 38.1 Å². The number of rotatable bonds is 5. The van der Waals surface area contributed by atoms with Crippen LogP contribution in [0.4, 0.5) is 11.4 Å². The molecule has 7 heteroatoms. The summed E-state index contributed by atoms with van der Waals surface area (Å²) in [5.74, 6) is 1.27. The molecule has 158 valence electrons. The Morgan fingerprint density at radius 3 is 2.60 bits per heavy atom. The molecule has 2 aromatic carbocycles. The van der Waals surface area contributed by atoms with E-state index < -0.39 is 0 Å². The second-order valence-corrected chi connectivity index (χ2v) is 7.90. The number of hydrogen-bond acceptors (Lipinski definition) is 5. The van der Waals surface area contributed by atoms with Crippen molar-refractivity contribution in [3.63, 3.8) is 0 Å². The van der Waals surface area contributed by atoms with Crippen molar-refractivity contribution in [2.75, 3.05) is 37.1 Å². The summed E-state index contributed by atoms with van der Waals surface area (Å²) in [5, 5.41) is 5.97. The molecule has 2 aliphatic heterocycles. The lowest BCUT2D eigenvalue weighted by molar-refractivity contribution is -0.121. The van der Waals surface area contributed by atoms with Gasteiger partial charge in [-0.25, -0.2) is 0 Å². The largest absolute Gasteiger partial charge is 0.454 e. The lowest BCUT2D eigenvalue weighted by atomic mass is 9.95. The van der Waals surface area contributed by atoms with Crippen LogP contribution in [0, 0.1) is 19.8 Å². The van der Waals surface area contributed by atoms with E-state index in [1.165, 1.54) is 0 Å². The van der Waals surface area contributed by atoms with Crippen LogP contribution in [0.1, 0.15) is 24.0 Å². The first-order chi connectivity index (χ1) is 14.5. The number of nitrogens with one attached hydrogen (secondary N) is 2. The maximum Gasteiger partial charge on any atom is 0.238 e. The monoisotopic (exact) mass is 409 g/mol. The molecule has 0 unspecified atom stereocenters. The maximum absolute atomic E-state index is 12.6. The van der Waals surface area contributed by atoms with Crippen LogP contribution in [0.2, 0.25) is 0 Å². The summed E-state index contributed by atoms with van der Waals surface area (Å²) in [7, 11) is 0. The Balaban J connectivity index is 1.25. The van der Waals surface area contributed by atoms with Gasteiger partial charge in [0.05, 0.1) is 6.54 Å². The van der Waals surface area contributed by atoms with Crippen molar-refractivity contribution in [1.82, 2.24) is 4.90 Å². The normalized spacial score (nSPS) is 16.3. The van der Waals surface area contributed by atoms with Gasteiger partial charge in [-0.1, -0.05) is 12.1 Å². The Morgan fingerprint density at radius 1 is 1.03 bits per heavy atom. The molecule has 0 saturated carbocycles. The number of amides is 2. The maximum atomic E-state index is 12.6. The number of anilines is 2. The van der Waals surface area contributed by atoms with Gasteiger partial charge >= 0.3 is 0 Å². The summed E-state index contributed by atoms with van der Waals surface area (Å²) in [4.78, 5) is 27.2. The number of nitrogens with zero attached hydrogens (tertiary/aromatic N) is 1. The molecule has 0 spiro atoms. The number of fused-ring (bicyclic) bond motifs is 1. The summed E-state index contributed by atoms with van der Waals surface area (Å²) in [6.07, 6.45) is 1.46. The molecular formula is C23H27N3O4. The van der Waals surface area contributed by atoms with Crippen LogP contribution in [-0.4, -0.2) is 43.1 Å². The Kier molecular flexibility index (Phi) is 5.90. The molecule has 0 atom stereocenters. The lowest BCUT2D eigenvalue weighted by Gasteiger charge is -2.30. The Bertz CT molecular complexity index is 951. The van der Waals surface area contributed by atoms with E-state index in [1.54, 1.807) is 12.1 Å². The first kappa shape index (κ1) is 20.2. The third kappa shape index (κ3) is 4.57. The molecule has 2 aliphatic rings. The van der Waals surface area contributed by atoms with Gasteiger partial charge < -0.3 is 20.1 Å². The Labute approximate surface area is 176 Å². The van der Waals surface area contributed by atoms with Gasteiger partial charge in [0.1, 0.15) is 0 Å². The molecule has 1 fully saturated rings. The fraction of sp³-hybridized carbons (Fsp3) is 0.391. The van der Waals surface area contributed by atoms with Crippen molar-refractivity contribution >= 4 is 23.2 Å². The van der Waals surface area contributed by atoms with Gasteiger partial charge in [-0.2, -0.15) is 0 Å². The first-order valence-electron chi connectivity index (χ1n) is 10.3. The molecule has 0 radical (unpaired) electrons. The zero-order valence-corrected chi connectivity index (χ0v) is 17.4. The molecule has 7 nitrogen and oxygen atoms in total. The molecule has 2 aromatic rings. The minimum Gasteiger partial charge on any atom is -0.454 e. The number of hydrogen-bond donors (Lipinski definition) is 2. The van der Waals surface area contributed by atoms with E-state index in [0.717, 1.165) is 42.7 Å². The highest BCUT2D eigenvalue weighted by Crippen LogP contribution is 2.34. The molecule has 2 amide bonds. The van der Waals surface area contributed by atoms with Crippen molar-refractivity contribution in [3.05, 3.63) is 47.5 Å². The Morgan fingerprint density at radius 2 is 1.80 bits per heavy atom. The molecule has 1 saturated heterocycles. The van der Waals surface area contributed by atoms with E-state index in [2.05, 4.69) is 15.5 Å². The highest BCUT2D eigenvalue weighted by Gasteiger charge is 2.26. The van der Waals surface area contributed by atoms with Crippen LogP contribution < -0.4 is 20.1 Å². The number of aryl methyl sites for hydroxylation is 1. The lowest BCUT2D eigenvalue weighted by Crippen LogP contribution is -2.41. The van der Waals surface area contributed by atoms with Crippen LogP contribution in [0.5, 0.6) is 11.5 Å². The predicted octanol–water partition coefficient (Wildman–Crippen LogP) is 3.32. The minimum atomic E-state index is -0.0613. The van der Waals surface area contributed by atoms with Crippen LogP contribution >= 0.6 is 0 Å². The Hall–Kier alpha value is -3.06. The van der Waals surface area contributed by atoms with Crippen LogP contribution in [-0.2, 0) is 9.59 Å². The second kappa shape index (κ2) is 8.75. The number of benzene rings is 2. The van der Waals surface area contributed by atoms with Crippen molar-refractivity contribution in [2.45, 2.75) is 26.7 Å². The fourth-order valence-corrected chi connectivity index (χ4v) is 3.85. The molecule has 4 rings (SSSR count). The number of carbonyl (C=O) groups excluding carboxylic acids is 2. The van der Waals surface area contributed by atoms with E-state index >= 15 is 0 Å². The second-order valence-electron chi connectivity index (χ2n) is 7.90. The third-order valence-corrected chi connectivity index (χ3v) is 5.84. The molecule has 0 aliphatic carbocycles. The summed E-state index contributed by atoms with van der Waals surface area (Å²) < 4.78 is 10.7. The average molecular weight is 409 g/mol. The topological polar surface area (TPSA) is 79.9 Å². The summed E-state index contributed by atoms with van der Waals surface area (Å²) in [6, 6.07) is 11.3. The summed E-state index contributed by atoms with van der Waals surface area (Å²) >= 11 is 0. The van der Waals surface area contributed by atoms with Crippen molar-refractivity contribution < 1.29 is 19.1 Å². The van der Waals surface area contributed by atoms with Gasteiger partial charge in [-0.05, 0) is 69.1 Å². The van der Waals surface area contributed by atoms with Gasteiger partial charge in [0, 0.05) is 23.4 Å². The smallest absolute Gasteiger partial charge is 0.238 e. The van der Waals surface area contributed by atoms with Gasteiger partial charge in [0.25, 0.3) is 0 Å². The molecular weight excluding hydrogens is 382 g/mol. The molecule has 30 heavy (non-hydrogen) atoms. The first-order valence-corrected chi connectivity index (χ1v) is 10.3.